The summed E-state index contributed by atoms with van der Waals surface area (Å²) in [7, 11) is 1.98. The van der Waals surface area contributed by atoms with Crippen molar-refractivity contribution in [2.75, 3.05) is 20.2 Å². The molecule has 0 aliphatic carbocycles. The molecule has 1 aromatic carbocycles. The number of aromatic nitrogens is 2. The number of nitrogens with zero attached hydrogens (tertiary/aromatic N) is 3. The van der Waals surface area contributed by atoms with E-state index in [1.807, 2.05) is 49.5 Å². The number of fused-ring (bicyclic) bond motifs is 2. The molecule has 0 N–H and O–H groups in total. The summed E-state index contributed by atoms with van der Waals surface area (Å²) in [5, 5.41) is 0. The van der Waals surface area contributed by atoms with E-state index in [0.29, 0.717) is 25.3 Å². The third kappa shape index (κ3) is 3.34. The molecule has 25 heavy (non-hydrogen) atoms. The first-order chi connectivity index (χ1) is 12.2. The van der Waals surface area contributed by atoms with Gasteiger partial charge in [0.05, 0.1) is 5.69 Å². The van der Waals surface area contributed by atoms with Crippen LogP contribution in [0.1, 0.15) is 5.69 Å². The molecule has 0 amide bonds. The lowest BCUT2D eigenvalue weighted by Gasteiger charge is -2.29. The van der Waals surface area contributed by atoms with Crippen LogP contribution in [0.25, 0.3) is 5.65 Å². The third-order valence-corrected chi connectivity index (χ3v) is 4.14. The minimum atomic E-state index is -0.0693. The molecule has 0 spiro atoms. The fourth-order valence-corrected chi connectivity index (χ4v) is 3.03. The first kappa shape index (κ1) is 15.7. The summed E-state index contributed by atoms with van der Waals surface area (Å²) in [6.07, 6.45) is 1.67. The fourth-order valence-electron chi connectivity index (χ4n) is 3.03. The molecule has 1 unspecified atom stereocenters. The molecular formula is C19H19N3O3. The summed E-state index contributed by atoms with van der Waals surface area (Å²) in [5.41, 5.74) is 1.33. The van der Waals surface area contributed by atoms with Gasteiger partial charge in [-0.1, -0.05) is 18.2 Å². The lowest BCUT2D eigenvalue weighted by molar-refractivity contribution is 0.0635. The van der Waals surface area contributed by atoms with Crippen LogP contribution in [0, 0.1) is 0 Å². The van der Waals surface area contributed by atoms with E-state index in [0.717, 1.165) is 17.2 Å². The molecule has 0 fully saturated rings. The van der Waals surface area contributed by atoms with Crippen molar-refractivity contribution in [2.45, 2.75) is 12.6 Å². The first-order valence-corrected chi connectivity index (χ1v) is 8.23. The van der Waals surface area contributed by atoms with Gasteiger partial charge >= 0.3 is 0 Å². The normalized spacial score (nSPS) is 16.3. The smallest absolute Gasteiger partial charge is 0.258 e. The summed E-state index contributed by atoms with van der Waals surface area (Å²) >= 11 is 0. The van der Waals surface area contributed by atoms with E-state index in [-0.39, 0.29) is 11.7 Å². The predicted octanol–water partition coefficient (Wildman–Crippen LogP) is 1.97. The Bertz CT molecular complexity index is 954. The zero-order valence-corrected chi connectivity index (χ0v) is 14.0. The Morgan fingerprint density at radius 2 is 2.00 bits per heavy atom. The van der Waals surface area contributed by atoms with E-state index in [2.05, 4.69) is 9.88 Å². The zero-order valence-electron chi connectivity index (χ0n) is 14.0. The largest absolute Gasteiger partial charge is 0.486 e. The van der Waals surface area contributed by atoms with Crippen molar-refractivity contribution in [3.8, 4) is 11.5 Å². The molecule has 3 aromatic rings. The van der Waals surface area contributed by atoms with E-state index in [1.54, 1.807) is 16.7 Å². The Morgan fingerprint density at radius 3 is 2.88 bits per heavy atom. The topological polar surface area (TPSA) is 56.1 Å². The monoisotopic (exact) mass is 337 g/mol. The summed E-state index contributed by atoms with van der Waals surface area (Å²) < 4.78 is 13.3. The highest BCUT2D eigenvalue weighted by molar-refractivity contribution is 5.40. The van der Waals surface area contributed by atoms with E-state index in [9.17, 15) is 4.79 Å². The van der Waals surface area contributed by atoms with Crippen LogP contribution in [0.2, 0.25) is 0 Å². The highest BCUT2D eigenvalue weighted by atomic mass is 16.6. The van der Waals surface area contributed by atoms with Crippen molar-refractivity contribution in [1.82, 2.24) is 14.3 Å². The lowest BCUT2D eigenvalue weighted by Crippen LogP contribution is -2.39. The maximum absolute atomic E-state index is 12.2. The Hall–Kier alpha value is -2.86. The lowest BCUT2D eigenvalue weighted by atomic mass is 10.2. The van der Waals surface area contributed by atoms with E-state index >= 15 is 0 Å². The number of para-hydroxylation sites is 2. The van der Waals surface area contributed by atoms with Crippen LogP contribution in [0.3, 0.4) is 0 Å². The van der Waals surface area contributed by atoms with Crippen molar-refractivity contribution in [1.29, 1.82) is 0 Å². The number of rotatable bonds is 4. The van der Waals surface area contributed by atoms with Crippen LogP contribution >= 0.6 is 0 Å². The molecular weight excluding hydrogens is 318 g/mol. The molecule has 6 nitrogen and oxygen atoms in total. The quantitative estimate of drug-likeness (QED) is 0.728. The summed E-state index contributed by atoms with van der Waals surface area (Å²) in [5.74, 6) is 1.56. The van der Waals surface area contributed by atoms with E-state index in [1.165, 1.54) is 0 Å². The Labute approximate surface area is 145 Å². The van der Waals surface area contributed by atoms with Gasteiger partial charge in [-0.05, 0) is 31.3 Å². The molecule has 0 saturated heterocycles. The summed E-state index contributed by atoms with van der Waals surface area (Å²) in [6, 6.07) is 14.8. The van der Waals surface area contributed by atoms with E-state index in [4.69, 9.17) is 9.47 Å². The maximum atomic E-state index is 12.2. The number of hydrogen-bond donors (Lipinski definition) is 0. The second kappa shape index (κ2) is 6.57. The van der Waals surface area contributed by atoms with Gasteiger partial charge in [0.15, 0.2) is 11.5 Å². The molecule has 3 heterocycles. The average molecular weight is 337 g/mol. The van der Waals surface area contributed by atoms with Gasteiger partial charge in [-0.3, -0.25) is 14.1 Å². The molecule has 0 radical (unpaired) electrons. The first-order valence-electron chi connectivity index (χ1n) is 8.23. The Morgan fingerprint density at radius 1 is 1.20 bits per heavy atom. The van der Waals surface area contributed by atoms with Gasteiger partial charge in [0.25, 0.3) is 5.56 Å². The van der Waals surface area contributed by atoms with Gasteiger partial charge in [0.1, 0.15) is 18.4 Å². The van der Waals surface area contributed by atoms with Crippen molar-refractivity contribution in [3.05, 3.63) is 70.8 Å². The molecule has 128 valence electrons. The maximum Gasteiger partial charge on any atom is 0.258 e. The van der Waals surface area contributed by atoms with Crippen LogP contribution in [0.15, 0.2) is 59.5 Å². The second-order valence-electron chi connectivity index (χ2n) is 6.21. The number of pyridine rings is 1. The van der Waals surface area contributed by atoms with Gasteiger partial charge in [0.2, 0.25) is 0 Å². The van der Waals surface area contributed by atoms with Crippen molar-refractivity contribution >= 4 is 5.65 Å². The van der Waals surface area contributed by atoms with Gasteiger partial charge in [0, 0.05) is 25.4 Å². The third-order valence-electron chi connectivity index (χ3n) is 4.14. The Balaban J connectivity index is 1.44. The number of hydrogen-bond acceptors (Lipinski definition) is 5. The summed E-state index contributed by atoms with van der Waals surface area (Å²) in [6.45, 7) is 1.77. The highest BCUT2D eigenvalue weighted by Crippen LogP contribution is 2.30. The molecule has 2 aromatic heterocycles. The zero-order chi connectivity index (χ0) is 17.2. The molecule has 1 atom stereocenters. The molecule has 4 rings (SSSR count). The van der Waals surface area contributed by atoms with Crippen LogP contribution in [0.4, 0.5) is 0 Å². The standard InChI is InChI=1S/C19H19N3O3/c1-21(12-15-13-24-16-6-2-3-7-17(16)25-15)11-14-10-19(23)22-9-5-4-8-18(22)20-14/h2-10,15H,11-13H2,1H3. The number of benzene rings is 1. The molecule has 1 aliphatic heterocycles. The predicted molar refractivity (Wildman–Crippen MR) is 94.1 cm³/mol. The van der Waals surface area contributed by atoms with Crippen molar-refractivity contribution in [3.63, 3.8) is 0 Å². The average Bonchev–Trinajstić information content (AvgIpc) is 2.61. The molecule has 0 bridgehead atoms. The van der Waals surface area contributed by atoms with Gasteiger partial charge in [-0.2, -0.15) is 0 Å². The summed E-state index contributed by atoms with van der Waals surface area (Å²) in [4.78, 5) is 18.8. The number of ether oxygens (including phenoxy) is 2. The molecule has 0 saturated carbocycles. The fraction of sp³-hybridized carbons (Fsp3) is 0.263. The SMILES string of the molecule is CN(Cc1cc(=O)n2ccccc2n1)CC1COc2ccccc2O1. The van der Waals surface area contributed by atoms with Crippen LogP contribution < -0.4 is 15.0 Å². The van der Waals surface area contributed by atoms with Crippen molar-refractivity contribution < 1.29 is 9.47 Å². The van der Waals surface area contributed by atoms with Gasteiger partial charge < -0.3 is 9.47 Å². The van der Waals surface area contributed by atoms with Crippen LogP contribution in [-0.4, -0.2) is 40.6 Å². The van der Waals surface area contributed by atoms with E-state index < -0.39 is 0 Å². The Kier molecular flexibility index (Phi) is 4.11. The highest BCUT2D eigenvalue weighted by Gasteiger charge is 2.22. The number of likely N-dealkylation sites (N-methyl/N-ethyl adjacent to an activating group) is 1. The minimum absolute atomic E-state index is 0.0542. The van der Waals surface area contributed by atoms with Gasteiger partial charge in [-0.15, -0.1) is 0 Å². The second-order valence-corrected chi connectivity index (χ2v) is 6.21. The minimum Gasteiger partial charge on any atom is -0.486 e. The van der Waals surface area contributed by atoms with Crippen molar-refractivity contribution in [2.24, 2.45) is 0 Å². The van der Waals surface area contributed by atoms with Gasteiger partial charge in [-0.25, -0.2) is 4.98 Å². The molecule has 1 aliphatic rings. The van der Waals surface area contributed by atoms with Crippen LogP contribution in [-0.2, 0) is 6.54 Å². The molecule has 6 heteroatoms. The van der Waals surface area contributed by atoms with Crippen LogP contribution in [0.5, 0.6) is 11.5 Å².